The normalized spacial score (nSPS) is 30.3. The van der Waals surface area contributed by atoms with Gasteiger partial charge in [-0.2, -0.15) is 0 Å². The number of likely N-dealkylation sites (tertiary alicyclic amines) is 1. The molecule has 188 valence electrons. The fourth-order valence-electron chi connectivity index (χ4n) is 8.09. The molecule has 0 aromatic heterocycles. The summed E-state index contributed by atoms with van der Waals surface area (Å²) in [4.78, 5) is 30.2. The van der Waals surface area contributed by atoms with Gasteiger partial charge in [0.1, 0.15) is 11.5 Å². The van der Waals surface area contributed by atoms with E-state index in [1.165, 1.54) is 7.11 Å². The Morgan fingerprint density at radius 3 is 2.39 bits per heavy atom. The minimum atomic E-state index is -2.02. The van der Waals surface area contributed by atoms with Crippen LogP contribution in [0.3, 0.4) is 0 Å². The molecule has 6 heteroatoms. The van der Waals surface area contributed by atoms with Crippen molar-refractivity contribution in [2.45, 2.75) is 23.9 Å². The molecule has 2 aliphatic heterocycles. The molecule has 1 aliphatic carbocycles. The zero-order valence-corrected chi connectivity index (χ0v) is 21.0. The molecule has 2 heterocycles. The third-order valence-electron chi connectivity index (χ3n) is 9.55. The predicted molar refractivity (Wildman–Crippen MR) is 143 cm³/mol. The van der Waals surface area contributed by atoms with Gasteiger partial charge < -0.3 is 14.6 Å². The largest absolute Gasteiger partial charge is 0.468 e. The number of rotatable bonds is 2. The predicted octanol–water partition coefficient (Wildman–Crippen LogP) is 4.93. The van der Waals surface area contributed by atoms with Gasteiger partial charge in [-0.05, 0) is 51.3 Å². The van der Waals surface area contributed by atoms with E-state index >= 15 is 0 Å². The van der Waals surface area contributed by atoms with Crippen molar-refractivity contribution < 1.29 is 24.2 Å². The zero-order chi connectivity index (χ0) is 26.0. The number of benzene rings is 5. The summed E-state index contributed by atoms with van der Waals surface area (Å²) in [5.41, 5.74) is -1.56. The fraction of sp³-hybridized carbons (Fsp3) is 0.250. The average Bonchev–Trinajstić information content (AvgIpc) is 3.47. The van der Waals surface area contributed by atoms with Gasteiger partial charge in [-0.3, -0.25) is 14.5 Å². The number of ketones is 1. The molecule has 3 aliphatic rings. The van der Waals surface area contributed by atoms with E-state index in [0.29, 0.717) is 24.1 Å². The van der Waals surface area contributed by atoms with Crippen LogP contribution in [0, 0.1) is 5.41 Å². The van der Waals surface area contributed by atoms with E-state index in [2.05, 4.69) is 36.4 Å². The molecular formula is C32H25NO5. The summed E-state index contributed by atoms with van der Waals surface area (Å²) in [6.07, 6.45) is -0.600. The van der Waals surface area contributed by atoms with E-state index in [4.69, 9.17) is 9.47 Å². The molecule has 6 nitrogen and oxygen atoms in total. The lowest BCUT2D eigenvalue weighted by Crippen LogP contribution is -2.65. The van der Waals surface area contributed by atoms with Crippen LogP contribution < -0.4 is 0 Å². The monoisotopic (exact) mass is 503 g/mol. The summed E-state index contributed by atoms with van der Waals surface area (Å²) >= 11 is 0. The molecule has 5 aromatic rings. The van der Waals surface area contributed by atoms with E-state index in [1.54, 1.807) is 31.3 Å². The Morgan fingerprint density at radius 2 is 1.63 bits per heavy atom. The van der Waals surface area contributed by atoms with Gasteiger partial charge in [-0.25, -0.2) is 0 Å². The van der Waals surface area contributed by atoms with E-state index in [9.17, 15) is 14.7 Å². The summed E-state index contributed by atoms with van der Waals surface area (Å²) < 4.78 is 12.1. The maximum absolute atomic E-state index is 14.3. The maximum atomic E-state index is 14.3. The first kappa shape index (κ1) is 22.2. The van der Waals surface area contributed by atoms with Crippen LogP contribution in [0.25, 0.3) is 32.3 Å². The highest BCUT2D eigenvalue weighted by molar-refractivity contribution is 6.23. The smallest absolute Gasteiger partial charge is 0.317 e. The number of carbonyl (C=O) groups excluding carboxylic acids is 2. The van der Waals surface area contributed by atoms with Gasteiger partial charge >= 0.3 is 5.97 Å². The highest BCUT2D eigenvalue weighted by Gasteiger charge is 2.87. The molecule has 2 saturated heterocycles. The molecule has 38 heavy (non-hydrogen) atoms. The van der Waals surface area contributed by atoms with E-state index in [-0.39, 0.29) is 5.78 Å². The molecule has 2 fully saturated rings. The van der Waals surface area contributed by atoms with Gasteiger partial charge in [0, 0.05) is 17.7 Å². The number of ether oxygens (including phenoxy) is 2. The Balaban J connectivity index is 1.48. The maximum Gasteiger partial charge on any atom is 0.317 e. The summed E-state index contributed by atoms with van der Waals surface area (Å²) in [5, 5.41) is 19.0. The van der Waals surface area contributed by atoms with Gasteiger partial charge in [0.2, 0.25) is 5.79 Å². The van der Waals surface area contributed by atoms with Crippen molar-refractivity contribution in [2.24, 2.45) is 5.41 Å². The van der Waals surface area contributed by atoms with Crippen LogP contribution in [-0.2, 0) is 20.1 Å². The fourth-order valence-corrected chi connectivity index (χ4v) is 8.09. The molecule has 0 amide bonds. The van der Waals surface area contributed by atoms with Gasteiger partial charge in [-0.1, -0.05) is 78.9 Å². The van der Waals surface area contributed by atoms with Crippen molar-refractivity contribution in [2.75, 3.05) is 20.7 Å². The number of hydrogen-bond acceptors (Lipinski definition) is 6. The number of nitrogens with zero attached hydrogens (tertiary/aromatic N) is 1. The lowest BCUT2D eigenvalue weighted by atomic mass is 9.63. The number of fused-ring (bicyclic) bond motifs is 2. The molecule has 5 aromatic carbocycles. The quantitative estimate of drug-likeness (QED) is 0.272. The third-order valence-corrected chi connectivity index (χ3v) is 9.55. The van der Waals surface area contributed by atoms with Crippen molar-refractivity contribution in [3.05, 3.63) is 95.6 Å². The zero-order valence-electron chi connectivity index (χ0n) is 21.0. The molecule has 0 bridgehead atoms. The highest BCUT2D eigenvalue weighted by atomic mass is 16.6. The number of likely N-dealkylation sites (N-methyl/N-ethyl adjacent to an activating group) is 1. The van der Waals surface area contributed by atoms with Crippen molar-refractivity contribution in [1.29, 1.82) is 0 Å². The second kappa shape index (κ2) is 6.97. The van der Waals surface area contributed by atoms with Crippen LogP contribution in [0.4, 0.5) is 0 Å². The number of Topliss-reactive ketones (excluding diaryl/α,β-unsaturated/α-hetero) is 1. The third kappa shape index (κ3) is 2.13. The van der Waals surface area contributed by atoms with Gasteiger partial charge in [0.25, 0.3) is 0 Å². The molecule has 8 rings (SSSR count). The van der Waals surface area contributed by atoms with E-state index in [1.807, 2.05) is 23.1 Å². The topological polar surface area (TPSA) is 76.1 Å². The molecule has 0 saturated carbocycles. The number of esters is 1. The highest BCUT2D eigenvalue weighted by Crippen LogP contribution is 2.72. The van der Waals surface area contributed by atoms with Gasteiger partial charge in [-0.15, -0.1) is 0 Å². The van der Waals surface area contributed by atoms with Crippen molar-refractivity contribution >= 4 is 44.1 Å². The lowest BCUT2D eigenvalue weighted by molar-refractivity contribution is -0.235. The van der Waals surface area contributed by atoms with Crippen LogP contribution in [0.5, 0.6) is 0 Å². The Morgan fingerprint density at radius 1 is 0.947 bits per heavy atom. The minimum absolute atomic E-state index is 0.304. The first-order chi connectivity index (χ1) is 18.4. The molecule has 0 unspecified atom stereocenters. The number of hydrogen-bond donors (Lipinski definition) is 1. The molecule has 1 N–H and O–H groups in total. The summed E-state index contributed by atoms with van der Waals surface area (Å²) in [6, 6.07) is 25.6. The van der Waals surface area contributed by atoms with Crippen LogP contribution in [0.2, 0.25) is 0 Å². The Bertz CT molecular complexity index is 1830. The van der Waals surface area contributed by atoms with Crippen molar-refractivity contribution in [3.63, 3.8) is 0 Å². The Labute approximate surface area is 218 Å². The molecule has 0 radical (unpaired) electrons. The Kier molecular flexibility index (Phi) is 4.07. The van der Waals surface area contributed by atoms with Crippen LogP contribution in [0.1, 0.15) is 34.0 Å². The average molecular weight is 504 g/mol. The minimum Gasteiger partial charge on any atom is -0.468 e. The second-order valence-electron chi connectivity index (χ2n) is 10.9. The Hall–Kier alpha value is -3.84. The van der Waals surface area contributed by atoms with E-state index in [0.717, 1.165) is 37.9 Å². The standard InChI is InChI=1S/C32H25NO5/c1-33-17-16-30(29(35)37-2)28(38-32(36)24-9-4-3-8-23(24)27(34)31(30,32)33)22-15-13-20-11-10-18-6-5-7-19-12-14-21(22)26(20)25(18)19/h3-15,28,36H,16-17H2,1-2H3/t28-,30+,31+,32-/m0/s1. The van der Waals surface area contributed by atoms with Crippen molar-refractivity contribution in [1.82, 2.24) is 4.90 Å². The summed E-state index contributed by atoms with van der Waals surface area (Å²) in [6.45, 7) is 0.433. The second-order valence-corrected chi connectivity index (χ2v) is 10.9. The number of aliphatic hydroxyl groups is 1. The first-order valence-electron chi connectivity index (χ1n) is 12.9. The lowest BCUT2D eigenvalue weighted by Gasteiger charge is -2.42. The van der Waals surface area contributed by atoms with Gasteiger partial charge in [0.15, 0.2) is 11.3 Å². The molecule has 4 atom stereocenters. The molecular weight excluding hydrogens is 478 g/mol. The number of methoxy groups -OCH3 is 1. The van der Waals surface area contributed by atoms with Crippen molar-refractivity contribution in [3.8, 4) is 0 Å². The van der Waals surface area contributed by atoms with E-state index < -0.39 is 28.8 Å². The SMILES string of the molecule is COC(=O)[C@]12CCN(C)[C@]13C(=O)c1ccccc1[C@]3(O)O[C@H]2c1ccc2ccc3cccc4ccc1c2c34. The first-order valence-corrected chi connectivity index (χ1v) is 12.9. The van der Waals surface area contributed by atoms with Crippen LogP contribution in [-0.4, -0.2) is 48.0 Å². The molecule has 1 spiro atoms. The van der Waals surface area contributed by atoms with Gasteiger partial charge in [0.05, 0.1) is 7.11 Å². The number of carbonyl (C=O) groups is 2. The summed E-state index contributed by atoms with van der Waals surface area (Å²) in [7, 11) is 3.13. The van der Waals surface area contributed by atoms with Crippen LogP contribution >= 0.6 is 0 Å². The van der Waals surface area contributed by atoms with Crippen LogP contribution in [0.15, 0.2) is 78.9 Å². The summed E-state index contributed by atoms with van der Waals surface area (Å²) in [5.74, 6) is -2.87.